The fraction of sp³-hybridized carbons (Fsp3) is 0.385. The fourth-order valence-electron chi connectivity index (χ4n) is 1.37. The Morgan fingerprint density at radius 1 is 1.00 bits per heavy atom. The molecule has 0 amide bonds. The average Bonchev–Trinajstić information content (AvgIpc) is 2.33. The van der Waals surface area contributed by atoms with Crippen molar-refractivity contribution < 1.29 is 31.8 Å². The Morgan fingerprint density at radius 3 is 1.86 bits per heavy atom. The number of aliphatic hydroxyl groups excluding tert-OH is 1. The predicted octanol–water partition coefficient (Wildman–Crippen LogP) is 4.90. The molecule has 0 unspecified atom stereocenters. The van der Waals surface area contributed by atoms with Crippen LogP contribution in [0.15, 0.2) is 41.6 Å². The van der Waals surface area contributed by atoms with Crippen molar-refractivity contribution in [3.63, 3.8) is 0 Å². The van der Waals surface area contributed by atoms with Gasteiger partial charge in [0.25, 0.3) is 11.3 Å². The van der Waals surface area contributed by atoms with Gasteiger partial charge in [0.1, 0.15) is 5.75 Å². The smallest absolute Gasteiger partial charge is 0.461 e. The summed E-state index contributed by atoms with van der Waals surface area (Å²) in [5.74, 6) is -7.36. The molecule has 0 fully saturated rings. The van der Waals surface area contributed by atoms with Crippen molar-refractivity contribution in [2.75, 3.05) is 20.0 Å². The summed E-state index contributed by atoms with van der Waals surface area (Å²) in [5, 5.41) is 9.48. The lowest BCUT2D eigenvalue weighted by Gasteiger charge is -2.23. The van der Waals surface area contributed by atoms with Gasteiger partial charge in [-0.25, -0.2) is 0 Å². The molecule has 0 heterocycles. The van der Waals surface area contributed by atoms with Crippen LogP contribution in [0.5, 0.6) is 5.75 Å². The van der Waals surface area contributed by atoms with Gasteiger partial charge in [-0.2, -0.15) is 22.0 Å². The number of alkyl halides is 5. The lowest BCUT2D eigenvalue weighted by Crippen LogP contribution is -2.39. The van der Waals surface area contributed by atoms with Crippen molar-refractivity contribution in [2.24, 2.45) is 0 Å². The molecule has 0 atom stereocenters. The van der Waals surface area contributed by atoms with Crippen LogP contribution in [0.1, 0.15) is 0 Å². The molecule has 0 saturated heterocycles. The highest BCUT2D eigenvalue weighted by Crippen LogP contribution is 2.59. The van der Waals surface area contributed by atoms with Gasteiger partial charge in [0, 0.05) is 0 Å². The van der Waals surface area contributed by atoms with Crippen LogP contribution < -0.4 is 4.74 Å². The van der Waals surface area contributed by atoms with Gasteiger partial charge < -0.3 is 9.84 Å². The van der Waals surface area contributed by atoms with Crippen LogP contribution in [0.3, 0.4) is 0 Å². The molecule has 0 saturated carbocycles. The molecule has 0 bridgehead atoms. The van der Waals surface area contributed by atoms with Gasteiger partial charge in [-0.05, 0) is 12.1 Å². The second-order valence-corrected chi connectivity index (χ2v) is 9.58. The zero-order valence-corrected chi connectivity index (χ0v) is 12.5. The third-order valence-electron chi connectivity index (χ3n) is 2.42. The molecule has 1 aromatic rings. The third kappa shape index (κ3) is 4.06. The number of rotatable bonds is 4. The quantitative estimate of drug-likeness (QED) is 0.484. The van der Waals surface area contributed by atoms with Crippen LogP contribution in [0.25, 0.3) is 0 Å². The van der Waals surface area contributed by atoms with Crippen LogP contribution in [0.2, 0.25) is 0 Å². The van der Waals surface area contributed by atoms with Crippen molar-refractivity contribution in [2.45, 2.75) is 12.1 Å². The molecular formula is C13H15F5O2P+. The van der Waals surface area contributed by atoms with Gasteiger partial charge in [-0.15, -0.1) is 0 Å². The van der Waals surface area contributed by atoms with Crippen molar-refractivity contribution in [1.82, 2.24) is 0 Å². The Kier molecular flexibility index (Phi) is 4.88. The van der Waals surface area contributed by atoms with E-state index < -0.39 is 30.6 Å². The van der Waals surface area contributed by atoms with E-state index in [2.05, 4.69) is 0 Å². The van der Waals surface area contributed by atoms with E-state index in [1.807, 2.05) is 0 Å². The first-order valence-corrected chi connectivity index (χ1v) is 8.93. The van der Waals surface area contributed by atoms with E-state index in [1.165, 1.54) is 44.3 Å². The zero-order valence-electron chi connectivity index (χ0n) is 11.6. The summed E-state index contributed by atoms with van der Waals surface area (Å²) in [6, 6.07) is 7.50. The summed E-state index contributed by atoms with van der Waals surface area (Å²) in [5.41, 5.74) is -0.726. The predicted molar refractivity (Wildman–Crippen MR) is 72.4 cm³/mol. The number of hydrogen-bond acceptors (Lipinski definition) is 2. The largest absolute Gasteiger partial charge is 0.501 e. The first-order valence-electron chi connectivity index (χ1n) is 5.80. The summed E-state index contributed by atoms with van der Waals surface area (Å²) >= 11 is 0. The second kappa shape index (κ2) is 5.79. The number of hydrogen-bond donors (Lipinski definition) is 1. The molecule has 118 valence electrons. The van der Waals surface area contributed by atoms with Crippen LogP contribution >= 0.6 is 7.26 Å². The highest BCUT2D eigenvalue weighted by molar-refractivity contribution is 7.77. The maximum absolute atomic E-state index is 13.3. The Balaban J connectivity index is 3.35. The Hall–Kier alpha value is -1.36. The first kappa shape index (κ1) is 17.7. The van der Waals surface area contributed by atoms with Crippen molar-refractivity contribution >= 4 is 7.26 Å². The van der Waals surface area contributed by atoms with E-state index in [0.29, 0.717) is 0 Å². The van der Waals surface area contributed by atoms with E-state index in [0.717, 1.165) is 0 Å². The fourth-order valence-corrected chi connectivity index (χ4v) is 2.53. The molecule has 1 aromatic carbocycles. The number of ether oxygens (including phenoxy) is 1. The van der Waals surface area contributed by atoms with Gasteiger partial charge in [0.05, 0.1) is 27.3 Å². The van der Waals surface area contributed by atoms with Crippen molar-refractivity contribution in [1.29, 1.82) is 0 Å². The lowest BCUT2D eigenvalue weighted by atomic mass is 10.3. The van der Waals surface area contributed by atoms with Crippen molar-refractivity contribution in [3.8, 4) is 5.75 Å². The number of halogens is 5. The summed E-state index contributed by atoms with van der Waals surface area (Å²) < 4.78 is 68.9. The molecule has 0 aromatic heterocycles. The molecule has 0 aliphatic rings. The minimum atomic E-state index is -5.89. The van der Waals surface area contributed by atoms with Gasteiger partial charge in [-0.3, -0.25) is 0 Å². The molecule has 0 radical (unpaired) electrons. The molecule has 0 aliphatic carbocycles. The zero-order chi connectivity index (χ0) is 16.5. The second-order valence-electron chi connectivity index (χ2n) is 5.15. The minimum absolute atomic E-state index is 0.0759. The average molecular weight is 329 g/mol. The molecule has 0 spiro atoms. The van der Waals surface area contributed by atoms with Crippen LogP contribution in [0, 0.1) is 0 Å². The standard InChI is InChI=1S/C13H14F5O2P/c1-21(2,3)11(20-9-7-5-4-6-8-9)10(19)12(14,15)13(16,17)18/h4-8H,1-3H3/p+1/b11-10-. The lowest BCUT2D eigenvalue weighted by molar-refractivity contribution is -0.275. The molecule has 21 heavy (non-hydrogen) atoms. The summed E-state index contributed by atoms with van der Waals surface area (Å²) in [7, 11) is -2.49. The number of allylic oxidation sites excluding steroid dienone is 1. The first-order chi connectivity index (χ1) is 9.37. The van der Waals surface area contributed by atoms with Crippen LogP contribution in [-0.2, 0) is 0 Å². The Bertz CT molecular complexity index is 518. The van der Waals surface area contributed by atoms with Crippen LogP contribution in [0.4, 0.5) is 22.0 Å². The number of aliphatic hydroxyl groups is 1. The Morgan fingerprint density at radius 2 is 1.48 bits per heavy atom. The third-order valence-corrected chi connectivity index (χ3v) is 3.94. The Labute approximate surface area is 119 Å². The minimum Gasteiger partial charge on any atom is -0.501 e. The van der Waals surface area contributed by atoms with E-state index in [9.17, 15) is 27.1 Å². The topological polar surface area (TPSA) is 29.5 Å². The van der Waals surface area contributed by atoms with E-state index in [-0.39, 0.29) is 5.75 Å². The summed E-state index contributed by atoms with van der Waals surface area (Å²) in [4.78, 5) is 0. The van der Waals surface area contributed by atoms with Gasteiger partial charge >= 0.3 is 12.1 Å². The molecule has 1 N–H and O–H groups in total. The van der Waals surface area contributed by atoms with Gasteiger partial charge in [0.2, 0.25) is 0 Å². The van der Waals surface area contributed by atoms with Crippen LogP contribution in [-0.4, -0.2) is 37.2 Å². The molecular weight excluding hydrogens is 314 g/mol. The SMILES string of the molecule is C[P+](C)(C)/C(Oc1ccccc1)=C(\O)C(F)(F)C(F)(F)F. The highest BCUT2D eigenvalue weighted by atomic mass is 31.2. The normalized spacial score (nSPS) is 14.7. The molecule has 0 aliphatic heterocycles. The summed E-state index contributed by atoms with van der Waals surface area (Å²) in [6.07, 6.45) is -5.89. The van der Waals surface area contributed by atoms with Crippen molar-refractivity contribution in [3.05, 3.63) is 41.6 Å². The monoisotopic (exact) mass is 329 g/mol. The van der Waals surface area contributed by atoms with E-state index in [4.69, 9.17) is 4.74 Å². The number of para-hydroxylation sites is 1. The maximum atomic E-state index is 13.3. The van der Waals surface area contributed by atoms with Gasteiger partial charge in [0.15, 0.2) is 0 Å². The maximum Gasteiger partial charge on any atom is 0.461 e. The summed E-state index contributed by atoms with van der Waals surface area (Å²) in [6.45, 7) is 4.40. The highest BCUT2D eigenvalue weighted by Gasteiger charge is 2.64. The number of benzene rings is 1. The van der Waals surface area contributed by atoms with E-state index in [1.54, 1.807) is 6.07 Å². The van der Waals surface area contributed by atoms with E-state index >= 15 is 0 Å². The molecule has 8 heteroatoms. The molecule has 1 rings (SSSR count). The molecule has 2 nitrogen and oxygen atoms in total. The van der Waals surface area contributed by atoms with Gasteiger partial charge in [-0.1, -0.05) is 18.2 Å².